The number of H-pyrrole nitrogens is 1. The number of imidazole rings is 1. The van der Waals surface area contributed by atoms with E-state index in [9.17, 15) is 9.59 Å². The fourth-order valence-corrected chi connectivity index (χ4v) is 4.16. The number of rotatable bonds is 8. The van der Waals surface area contributed by atoms with Crippen molar-refractivity contribution in [3.05, 3.63) is 94.5 Å². The number of nitrogens with one attached hydrogen (secondary N) is 3. The van der Waals surface area contributed by atoms with Gasteiger partial charge >= 0.3 is 0 Å². The van der Waals surface area contributed by atoms with Crippen LogP contribution in [0.25, 0.3) is 11.0 Å². The largest absolute Gasteiger partial charge is 0.350 e. The summed E-state index contributed by atoms with van der Waals surface area (Å²) in [5.41, 5.74) is 4.05. The molecule has 8 heteroatoms. The minimum atomic E-state index is -0.267. The quantitative estimate of drug-likeness (QED) is 0.261. The van der Waals surface area contributed by atoms with E-state index < -0.39 is 0 Å². The Balaban J connectivity index is 1.22. The zero-order valence-electron chi connectivity index (χ0n) is 17.1. The van der Waals surface area contributed by atoms with E-state index >= 15 is 0 Å². The highest BCUT2D eigenvalue weighted by molar-refractivity contribution is 7.98. The molecule has 32 heavy (non-hydrogen) atoms. The van der Waals surface area contributed by atoms with Crippen molar-refractivity contribution in [2.24, 2.45) is 0 Å². The first kappa shape index (κ1) is 21.9. The summed E-state index contributed by atoms with van der Waals surface area (Å²) in [5, 5.41) is 6.82. The lowest BCUT2D eigenvalue weighted by Crippen LogP contribution is -2.34. The van der Waals surface area contributed by atoms with E-state index in [-0.39, 0.29) is 11.8 Å². The number of halogens is 1. The molecular formula is C24H21ClN4O2S. The van der Waals surface area contributed by atoms with Crippen LogP contribution < -0.4 is 10.6 Å². The van der Waals surface area contributed by atoms with Gasteiger partial charge in [-0.25, -0.2) is 4.98 Å². The number of thioether (sulfide) groups is 1. The molecule has 3 N–H and O–H groups in total. The average Bonchev–Trinajstić information content (AvgIpc) is 3.24. The standard InChI is InChI=1S/C24H21ClN4O2S/c25-19-6-2-1-5-18(19)23(31)27-14-13-26-22(30)17-11-9-16(10-12-17)15-32-24-28-20-7-3-4-8-21(20)29-24/h1-12H,13-15H2,(H,26,30)(H,27,31)(H,28,29). The van der Waals surface area contributed by atoms with Crippen LogP contribution in [-0.4, -0.2) is 34.9 Å². The Kier molecular flexibility index (Phi) is 7.09. The maximum Gasteiger partial charge on any atom is 0.252 e. The second kappa shape index (κ2) is 10.3. The summed E-state index contributed by atoms with van der Waals surface area (Å²) < 4.78 is 0. The van der Waals surface area contributed by atoms with Crippen LogP contribution in [0.3, 0.4) is 0 Å². The fraction of sp³-hybridized carbons (Fsp3) is 0.125. The highest BCUT2D eigenvalue weighted by Crippen LogP contribution is 2.23. The molecule has 6 nitrogen and oxygen atoms in total. The van der Waals surface area contributed by atoms with Crippen molar-refractivity contribution in [2.75, 3.05) is 13.1 Å². The first-order valence-corrected chi connectivity index (χ1v) is 11.4. The monoisotopic (exact) mass is 464 g/mol. The van der Waals surface area contributed by atoms with Gasteiger partial charge in [0.2, 0.25) is 0 Å². The molecule has 0 aliphatic heterocycles. The smallest absolute Gasteiger partial charge is 0.252 e. The van der Waals surface area contributed by atoms with Crippen molar-refractivity contribution in [1.29, 1.82) is 0 Å². The van der Waals surface area contributed by atoms with E-state index in [0.717, 1.165) is 27.5 Å². The molecule has 0 bridgehead atoms. The van der Waals surface area contributed by atoms with Crippen LogP contribution in [0, 0.1) is 0 Å². The van der Waals surface area contributed by atoms with Gasteiger partial charge in [-0.3, -0.25) is 9.59 Å². The zero-order valence-corrected chi connectivity index (χ0v) is 18.7. The number of nitrogens with zero attached hydrogens (tertiary/aromatic N) is 1. The van der Waals surface area contributed by atoms with Crippen LogP contribution >= 0.6 is 23.4 Å². The van der Waals surface area contributed by atoms with Crippen molar-refractivity contribution >= 4 is 46.2 Å². The molecule has 0 spiro atoms. The molecule has 1 aromatic heterocycles. The highest BCUT2D eigenvalue weighted by atomic mass is 35.5. The maximum absolute atomic E-state index is 12.3. The van der Waals surface area contributed by atoms with E-state index in [2.05, 4.69) is 20.6 Å². The number of para-hydroxylation sites is 2. The molecular weight excluding hydrogens is 444 g/mol. The fourth-order valence-electron chi connectivity index (χ4n) is 3.10. The minimum Gasteiger partial charge on any atom is -0.350 e. The molecule has 3 aromatic carbocycles. The topological polar surface area (TPSA) is 86.9 Å². The number of hydrogen-bond acceptors (Lipinski definition) is 4. The molecule has 0 aliphatic carbocycles. The van der Waals surface area contributed by atoms with Gasteiger partial charge in [-0.05, 0) is 42.0 Å². The third-order valence-electron chi connectivity index (χ3n) is 4.77. The average molecular weight is 465 g/mol. The number of amides is 2. The van der Waals surface area contributed by atoms with Crippen molar-refractivity contribution in [2.45, 2.75) is 10.9 Å². The van der Waals surface area contributed by atoms with Crippen molar-refractivity contribution < 1.29 is 9.59 Å². The van der Waals surface area contributed by atoms with Gasteiger partial charge in [0.05, 0.1) is 21.6 Å². The lowest BCUT2D eigenvalue weighted by atomic mass is 10.1. The summed E-state index contributed by atoms with van der Waals surface area (Å²) >= 11 is 7.63. The lowest BCUT2D eigenvalue weighted by molar-refractivity contribution is 0.0927. The van der Waals surface area contributed by atoms with Crippen LogP contribution in [0.15, 0.2) is 78.0 Å². The number of carbonyl (C=O) groups excluding carboxylic acids is 2. The normalized spacial score (nSPS) is 10.8. The van der Waals surface area contributed by atoms with Gasteiger partial charge in [0, 0.05) is 24.4 Å². The predicted octanol–water partition coefficient (Wildman–Crippen LogP) is 4.67. The molecule has 1 heterocycles. The summed E-state index contributed by atoms with van der Waals surface area (Å²) in [7, 11) is 0. The van der Waals surface area contributed by atoms with E-state index in [1.54, 1.807) is 48.2 Å². The zero-order chi connectivity index (χ0) is 22.3. The number of hydrogen-bond donors (Lipinski definition) is 3. The van der Waals surface area contributed by atoms with Gasteiger partial charge in [-0.15, -0.1) is 0 Å². The Morgan fingerprint density at radius 3 is 2.31 bits per heavy atom. The highest BCUT2D eigenvalue weighted by Gasteiger charge is 2.10. The molecule has 0 aliphatic rings. The number of benzene rings is 3. The van der Waals surface area contributed by atoms with Gasteiger partial charge in [0.1, 0.15) is 0 Å². The summed E-state index contributed by atoms with van der Waals surface area (Å²) in [6.45, 7) is 0.626. The van der Waals surface area contributed by atoms with E-state index in [4.69, 9.17) is 11.6 Å². The Labute approximate surface area is 194 Å². The van der Waals surface area contributed by atoms with E-state index in [1.165, 1.54) is 0 Å². The molecule has 4 rings (SSSR count). The third kappa shape index (κ3) is 5.49. The van der Waals surface area contributed by atoms with Gasteiger partial charge in [0.15, 0.2) is 5.16 Å². The van der Waals surface area contributed by atoms with Crippen LogP contribution in [0.1, 0.15) is 26.3 Å². The van der Waals surface area contributed by atoms with Crippen LogP contribution in [-0.2, 0) is 5.75 Å². The lowest BCUT2D eigenvalue weighted by Gasteiger charge is -2.08. The maximum atomic E-state index is 12.3. The third-order valence-corrected chi connectivity index (χ3v) is 6.05. The van der Waals surface area contributed by atoms with E-state index in [0.29, 0.717) is 29.2 Å². The first-order valence-electron chi connectivity index (χ1n) is 10.1. The van der Waals surface area contributed by atoms with Gasteiger partial charge in [-0.2, -0.15) is 0 Å². The number of aromatic nitrogens is 2. The van der Waals surface area contributed by atoms with Crippen molar-refractivity contribution in [1.82, 2.24) is 20.6 Å². The molecule has 162 valence electrons. The summed E-state index contributed by atoms with van der Waals surface area (Å²) in [6.07, 6.45) is 0. The molecule has 0 saturated heterocycles. The van der Waals surface area contributed by atoms with Crippen molar-refractivity contribution in [3.63, 3.8) is 0 Å². The molecule has 0 radical (unpaired) electrons. The van der Waals surface area contributed by atoms with Gasteiger partial charge < -0.3 is 15.6 Å². The second-order valence-electron chi connectivity index (χ2n) is 7.04. The summed E-state index contributed by atoms with van der Waals surface area (Å²) in [5.74, 6) is 0.292. The Morgan fingerprint density at radius 2 is 1.56 bits per heavy atom. The van der Waals surface area contributed by atoms with Gasteiger partial charge in [-0.1, -0.05) is 59.8 Å². The molecule has 0 fully saturated rings. The van der Waals surface area contributed by atoms with Crippen LogP contribution in [0.4, 0.5) is 0 Å². The molecule has 4 aromatic rings. The SMILES string of the molecule is O=C(NCCNC(=O)c1ccccc1Cl)c1ccc(CSc2nc3ccccc3[nH]2)cc1. The number of carbonyl (C=O) groups is 2. The first-order chi connectivity index (χ1) is 15.6. The molecule has 0 unspecified atom stereocenters. The second-order valence-corrected chi connectivity index (χ2v) is 8.41. The minimum absolute atomic E-state index is 0.187. The van der Waals surface area contributed by atoms with Crippen LogP contribution in [0.2, 0.25) is 5.02 Å². The van der Waals surface area contributed by atoms with Crippen molar-refractivity contribution in [3.8, 4) is 0 Å². The van der Waals surface area contributed by atoms with Crippen LogP contribution in [0.5, 0.6) is 0 Å². The number of fused-ring (bicyclic) bond motifs is 1. The number of aromatic amines is 1. The molecule has 2 amide bonds. The van der Waals surface area contributed by atoms with E-state index in [1.807, 2.05) is 36.4 Å². The molecule has 0 saturated carbocycles. The van der Waals surface area contributed by atoms with Gasteiger partial charge in [0.25, 0.3) is 11.8 Å². The summed E-state index contributed by atoms with van der Waals surface area (Å²) in [4.78, 5) is 32.3. The summed E-state index contributed by atoms with van der Waals surface area (Å²) in [6, 6.07) is 22.2. The molecule has 0 atom stereocenters. The Hall–Kier alpha value is -3.29. The Morgan fingerprint density at radius 1 is 0.875 bits per heavy atom. The Bertz CT molecular complexity index is 1210. The predicted molar refractivity (Wildman–Crippen MR) is 128 cm³/mol.